The molecule has 1 aliphatic rings. The lowest BCUT2D eigenvalue weighted by atomic mass is 10.0. The molecule has 1 saturated heterocycles. The molecule has 0 saturated carbocycles. The second-order valence-corrected chi connectivity index (χ2v) is 7.67. The van der Waals surface area contributed by atoms with Crippen molar-refractivity contribution in [2.75, 3.05) is 19.6 Å². The fourth-order valence-corrected chi connectivity index (χ4v) is 3.88. The number of nitrogens with one attached hydrogen (secondary N) is 2. The molecule has 152 valence electrons. The Labute approximate surface area is 169 Å². The van der Waals surface area contributed by atoms with E-state index in [-0.39, 0.29) is 0 Å². The first-order chi connectivity index (χ1) is 13.6. The zero-order valence-electron chi connectivity index (χ0n) is 17.7. The summed E-state index contributed by atoms with van der Waals surface area (Å²) < 4.78 is 1.93. The Morgan fingerprint density at radius 3 is 2.71 bits per heavy atom. The summed E-state index contributed by atoms with van der Waals surface area (Å²) in [4.78, 5) is 7.38. The smallest absolute Gasteiger partial charge is 0.191 e. The van der Waals surface area contributed by atoms with E-state index in [1.54, 1.807) is 0 Å². The average molecular weight is 383 g/mol. The van der Waals surface area contributed by atoms with E-state index in [1.807, 2.05) is 11.7 Å². The van der Waals surface area contributed by atoms with E-state index in [9.17, 15) is 0 Å². The zero-order valence-corrected chi connectivity index (χ0v) is 17.7. The molecule has 1 atom stereocenters. The molecule has 1 aliphatic heterocycles. The van der Waals surface area contributed by atoms with Gasteiger partial charge in [0.05, 0.1) is 12.2 Å². The van der Waals surface area contributed by atoms with E-state index in [2.05, 4.69) is 71.7 Å². The van der Waals surface area contributed by atoms with Gasteiger partial charge in [-0.1, -0.05) is 30.3 Å². The molecule has 0 radical (unpaired) electrons. The van der Waals surface area contributed by atoms with Crippen LogP contribution in [-0.2, 0) is 20.1 Å². The Balaban J connectivity index is 1.61. The van der Waals surface area contributed by atoms with Crippen LogP contribution in [0.5, 0.6) is 0 Å². The van der Waals surface area contributed by atoms with Crippen molar-refractivity contribution in [1.29, 1.82) is 0 Å². The Hall–Kier alpha value is -2.34. The van der Waals surface area contributed by atoms with Gasteiger partial charge in [0, 0.05) is 44.0 Å². The number of aromatic nitrogens is 2. The van der Waals surface area contributed by atoms with Crippen LogP contribution in [-0.4, -0.2) is 46.3 Å². The van der Waals surface area contributed by atoms with Gasteiger partial charge < -0.3 is 10.6 Å². The second-order valence-electron chi connectivity index (χ2n) is 7.67. The van der Waals surface area contributed by atoms with Gasteiger partial charge >= 0.3 is 0 Å². The van der Waals surface area contributed by atoms with E-state index < -0.39 is 0 Å². The summed E-state index contributed by atoms with van der Waals surface area (Å²) in [6.07, 6.45) is 2.39. The molecule has 2 N–H and O–H groups in total. The Kier molecular flexibility index (Phi) is 7.09. The molecule has 1 aromatic heterocycles. The first-order valence-electron chi connectivity index (χ1n) is 10.4. The predicted octanol–water partition coefficient (Wildman–Crippen LogP) is 2.76. The van der Waals surface area contributed by atoms with Crippen molar-refractivity contribution in [3.05, 3.63) is 52.8 Å². The standard InChI is InChI=1S/C22H34N6/c1-5-23-22(24-14-21-17(2)26-27(4)18(21)3)25-20-12-9-13-28(16-20)15-19-10-7-6-8-11-19/h6-8,10-11,20H,5,9,12-16H2,1-4H3,(H2,23,24,25). The summed E-state index contributed by atoms with van der Waals surface area (Å²) in [6.45, 7) is 11.0. The fourth-order valence-electron chi connectivity index (χ4n) is 3.88. The van der Waals surface area contributed by atoms with E-state index in [1.165, 1.54) is 29.7 Å². The molecule has 0 spiro atoms. The lowest BCUT2D eigenvalue weighted by Crippen LogP contribution is -2.51. The maximum absolute atomic E-state index is 4.84. The Morgan fingerprint density at radius 1 is 1.25 bits per heavy atom. The molecule has 28 heavy (non-hydrogen) atoms. The second kappa shape index (κ2) is 9.73. The topological polar surface area (TPSA) is 57.5 Å². The van der Waals surface area contributed by atoms with Gasteiger partial charge in [0.1, 0.15) is 0 Å². The SMILES string of the molecule is CCNC(=NCc1c(C)nn(C)c1C)NC1CCCN(Cc2ccccc2)C1. The van der Waals surface area contributed by atoms with Gasteiger partial charge in [0.15, 0.2) is 5.96 Å². The Bertz CT molecular complexity index is 780. The first kappa shape index (κ1) is 20.4. The van der Waals surface area contributed by atoms with Crippen molar-refractivity contribution in [2.24, 2.45) is 12.0 Å². The molecular weight excluding hydrogens is 348 g/mol. The van der Waals surface area contributed by atoms with Crippen LogP contribution >= 0.6 is 0 Å². The molecule has 2 heterocycles. The van der Waals surface area contributed by atoms with Gasteiger partial charge in [-0.2, -0.15) is 5.10 Å². The summed E-state index contributed by atoms with van der Waals surface area (Å²) in [5.74, 6) is 0.900. The van der Waals surface area contributed by atoms with Crippen molar-refractivity contribution in [3.8, 4) is 0 Å². The highest BCUT2D eigenvalue weighted by Gasteiger charge is 2.21. The summed E-state index contributed by atoms with van der Waals surface area (Å²) in [5, 5.41) is 11.6. The summed E-state index contributed by atoms with van der Waals surface area (Å²) in [7, 11) is 1.99. The zero-order chi connectivity index (χ0) is 19.9. The number of rotatable bonds is 6. The molecule has 0 bridgehead atoms. The number of guanidine groups is 1. The first-order valence-corrected chi connectivity index (χ1v) is 10.4. The number of nitrogens with zero attached hydrogens (tertiary/aromatic N) is 4. The lowest BCUT2D eigenvalue weighted by Gasteiger charge is -2.34. The van der Waals surface area contributed by atoms with Crippen molar-refractivity contribution in [1.82, 2.24) is 25.3 Å². The van der Waals surface area contributed by atoms with Crippen molar-refractivity contribution in [2.45, 2.75) is 52.7 Å². The van der Waals surface area contributed by atoms with Crippen molar-refractivity contribution < 1.29 is 0 Å². The van der Waals surface area contributed by atoms with Crippen LogP contribution in [0.4, 0.5) is 0 Å². The number of likely N-dealkylation sites (tertiary alicyclic amines) is 1. The van der Waals surface area contributed by atoms with E-state index in [0.717, 1.165) is 37.8 Å². The number of hydrogen-bond acceptors (Lipinski definition) is 3. The number of aliphatic imine (C=N–C) groups is 1. The molecule has 1 unspecified atom stereocenters. The number of aryl methyl sites for hydroxylation is 2. The number of piperidine rings is 1. The highest BCUT2D eigenvalue weighted by atomic mass is 15.3. The third-order valence-electron chi connectivity index (χ3n) is 5.49. The predicted molar refractivity (Wildman–Crippen MR) is 115 cm³/mol. The van der Waals surface area contributed by atoms with Gasteiger partial charge in [0.2, 0.25) is 0 Å². The van der Waals surface area contributed by atoms with Crippen LogP contribution < -0.4 is 10.6 Å². The summed E-state index contributed by atoms with van der Waals surface area (Å²) in [6, 6.07) is 11.2. The molecule has 1 aromatic carbocycles. The van der Waals surface area contributed by atoms with Crippen LogP contribution in [0.3, 0.4) is 0 Å². The van der Waals surface area contributed by atoms with E-state index in [0.29, 0.717) is 12.6 Å². The maximum atomic E-state index is 4.84. The summed E-state index contributed by atoms with van der Waals surface area (Å²) in [5.41, 5.74) is 4.84. The van der Waals surface area contributed by atoms with Crippen LogP contribution in [0.25, 0.3) is 0 Å². The van der Waals surface area contributed by atoms with Gasteiger partial charge in [-0.3, -0.25) is 9.58 Å². The lowest BCUT2D eigenvalue weighted by molar-refractivity contribution is 0.192. The van der Waals surface area contributed by atoms with Crippen LogP contribution in [0, 0.1) is 13.8 Å². The number of hydrogen-bond donors (Lipinski definition) is 2. The van der Waals surface area contributed by atoms with E-state index >= 15 is 0 Å². The van der Waals surface area contributed by atoms with Gasteiger partial charge in [-0.15, -0.1) is 0 Å². The third kappa shape index (κ3) is 5.35. The molecule has 0 aliphatic carbocycles. The van der Waals surface area contributed by atoms with Crippen molar-refractivity contribution >= 4 is 5.96 Å². The van der Waals surface area contributed by atoms with Crippen LogP contribution in [0.2, 0.25) is 0 Å². The normalized spacial score (nSPS) is 18.3. The molecular formula is C22H34N6. The van der Waals surface area contributed by atoms with Gasteiger partial charge in [0.25, 0.3) is 0 Å². The molecule has 3 rings (SSSR count). The highest BCUT2D eigenvalue weighted by molar-refractivity contribution is 5.80. The average Bonchev–Trinajstić information content (AvgIpc) is 2.93. The van der Waals surface area contributed by atoms with Gasteiger partial charge in [-0.05, 0) is 45.7 Å². The quantitative estimate of drug-likeness (QED) is 0.596. The Morgan fingerprint density at radius 2 is 2.04 bits per heavy atom. The minimum absolute atomic E-state index is 0.423. The molecule has 6 heteroatoms. The molecule has 2 aromatic rings. The highest BCUT2D eigenvalue weighted by Crippen LogP contribution is 2.15. The fraction of sp³-hybridized carbons (Fsp3) is 0.545. The van der Waals surface area contributed by atoms with Gasteiger partial charge in [-0.25, -0.2) is 4.99 Å². The molecule has 0 amide bonds. The number of benzene rings is 1. The monoisotopic (exact) mass is 382 g/mol. The maximum Gasteiger partial charge on any atom is 0.191 e. The largest absolute Gasteiger partial charge is 0.357 e. The minimum atomic E-state index is 0.423. The van der Waals surface area contributed by atoms with E-state index in [4.69, 9.17) is 4.99 Å². The minimum Gasteiger partial charge on any atom is -0.357 e. The molecule has 6 nitrogen and oxygen atoms in total. The van der Waals surface area contributed by atoms with Crippen LogP contribution in [0.1, 0.15) is 42.3 Å². The molecule has 1 fully saturated rings. The third-order valence-corrected chi connectivity index (χ3v) is 5.49. The van der Waals surface area contributed by atoms with Crippen LogP contribution in [0.15, 0.2) is 35.3 Å². The van der Waals surface area contributed by atoms with Crippen molar-refractivity contribution in [3.63, 3.8) is 0 Å². The summed E-state index contributed by atoms with van der Waals surface area (Å²) >= 11 is 0.